The van der Waals surface area contributed by atoms with Gasteiger partial charge in [-0.25, -0.2) is 16.5 Å². The molecule has 3 heterocycles. The van der Waals surface area contributed by atoms with Gasteiger partial charge < -0.3 is 9.41 Å². The number of benzene rings is 1. The molecule has 0 spiro atoms. The van der Waals surface area contributed by atoms with Gasteiger partial charge in [-0.3, -0.25) is 4.98 Å². The lowest BCUT2D eigenvalue weighted by atomic mass is 9.98. The van der Waals surface area contributed by atoms with Crippen molar-refractivity contribution in [3.05, 3.63) is 88.9 Å². The SMILES string of the molecule is [C-]#[N+]CCc1cc2c(/C=C/c3cccnc3)cc(-c3cncn3C)nc2cc1C. The molecule has 3 aromatic heterocycles. The lowest BCUT2D eigenvalue weighted by Gasteiger charge is -2.11. The molecular weight excluding hydrogens is 358 g/mol. The summed E-state index contributed by atoms with van der Waals surface area (Å²) in [5.74, 6) is 0. The summed E-state index contributed by atoms with van der Waals surface area (Å²) < 4.78 is 1.97. The summed E-state index contributed by atoms with van der Waals surface area (Å²) in [6.07, 6.45) is 12.1. The third-order valence-corrected chi connectivity index (χ3v) is 5.01. The maximum Gasteiger partial charge on any atom is 0.218 e. The summed E-state index contributed by atoms with van der Waals surface area (Å²) in [6, 6.07) is 10.4. The summed E-state index contributed by atoms with van der Waals surface area (Å²) >= 11 is 0. The molecule has 0 saturated carbocycles. The average Bonchev–Trinajstić information content (AvgIpc) is 3.17. The smallest absolute Gasteiger partial charge is 0.218 e. The van der Waals surface area contributed by atoms with Gasteiger partial charge in [-0.05, 0) is 53.4 Å². The third kappa shape index (κ3) is 3.92. The molecule has 0 aliphatic rings. The first-order valence-electron chi connectivity index (χ1n) is 9.48. The van der Waals surface area contributed by atoms with E-state index >= 15 is 0 Å². The maximum atomic E-state index is 7.10. The van der Waals surface area contributed by atoms with E-state index in [2.05, 4.69) is 52.1 Å². The number of aromatic nitrogens is 4. The number of imidazole rings is 1. The fourth-order valence-electron chi connectivity index (χ4n) is 3.43. The highest BCUT2D eigenvalue weighted by atomic mass is 15.0. The molecule has 0 radical (unpaired) electrons. The van der Waals surface area contributed by atoms with Crippen LogP contribution in [0.5, 0.6) is 0 Å². The van der Waals surface area contributed by atoms with Gasteiger partial charge in [0.05, 0.1) is 29.4 Å². The van der Waals surface area contributed by atoms with Crippen molar-refractivity contribution < 1.29 is 0 Å². The number of aryl methyl sites for hydroxylation is 2. The van der Waals surface area contributed by atoms with E-state index in [4.69, 9.17) is 11.6 Å². The number of hydrogen-bond donors (Lipinski definition) is 0. The van der Waals surface area contributed by atoms with Gasteiger partial charge in [-0.15, -0.1) is 0 Å². The van der Waals surface area contributed by atoms with Gasteiger partial charge in [0.15, 0.2) is 0 Å². The Labute approximate surface area is 170 Å². The Morgan fingerprint density at radius 3 is 2.76 bits per heavy atom. The van der Waals surface area contributed by atoms with Crippen molar-refractivity contribution in [2.75, 3.05) is 6.54 Å². The molecule has 0 amide bonds. The van der Waals surface area contributed by atoms with Gasteiger partial charge in [-0.2, -0.15) is 0 Å². The van der Waals surface area contributed by atoms with E-state index in [0.29, 0.717) is 6.54 Å². The molecule has 142 valence electrons. The monoisotopic (exact) mass is 379 g/mol. The molecule has 5 nitrogen and oxygen atoms in total. The third-order valence-electron chi connectivity index (χ3n) is 5.01. The van der Waals surface area contributed by atoms with Crippen molar-refractivity contribution in [1.82, 2.24) is 19.5 Å². The van der Waals surface area contributed by atoms with Crippen LogP contribution >= 0.6 is 0 Å². The molecule has 5 heteroatoms. The van der Waals surface area contributed by atoms with Crippen LogP contribution in [0.15, 0.2) is 55.2 Å². The highest BCUT2D eigenvalue weighted by Crippen LogP contribution is 2.28. The molecule has 0 aliphatic heterocycles. The van der Waals surface area contributed by atoms with Crippen molar-refractivity contribution >= 4 is 23.1 Å². The number of rotatable bonds is 5. The largest absolute Gasteiger partial charge is 0.332 e. The van der Waals surface area contributed by atoms with Gasteiger partial charge in [-0.1, -0.05) is 18.2 Å². The molecular formula is C24H21N5. The normalized spacial score (nSPS) is 11.2. The first-order chi connectivity index (χ1) is 14.2. The minimum Gasteiger partial charge on any atom is -0.332 e. The van der Waals surface area contributed by atoms with Crippen molar-refractivity contribution in [1.29, 1.82) is 0 Å². The number of hydrogen-bond acceptors (Lipinski definition) is 3. The van der Waals surface area contributed by atoms with E-state index in [1.165, 1.54) is 5.56 Å². The van der Waals surface area contributed by atoms with E-state index in [1.807, 2.05) is 36.1 Å². The molecule has 29 heavy (non-hydrogen) atoms. The first kappa shape index (κ1) is 18.6. The Hall–Kier alpha value is -3.78. The van der Waals surface area contributed by atoms with Crippen LogP contribution in [0.2, 0.25) is 0 Å². The van der Waals surface area contributed by atoms with E-state index in [1.54, 1.807) is 12.5 Å². The molecule has 0 fully saturated rings. The lowest BCUT2D eigenvalue weighted by Crippen LogP contribution is -1.97. The van der Waals surface area contributed by atoms with Crippen molar-refractivity contribution in [2.24, 2.45) is 7.05 Å². The predicted molar refractivity (Wildman–Crippen MR) is 117 cm³/mol. The van der Waals surface area contributed by atoms with Crippen LogP contribution in [0.4, 0.5) is 0 Å². The Balaban J connectivity index is 1.89. The highest BCUT2D eigenvalue weighted by molar-refractivity contribution is 5.93. The van der Waals surface area contributed by atoms with E-state index in [-0.39, 0.29) is 0 Å². The van der Waals surface area contributed by atoms with Crippen LogP contribution in [0.1, 0.15) is 22.3 Å². The minimum atomic E-state index is 0.494. The second-order valence-electron chi connectivity index (χ2n) is 7.03. The van der Waals surface area contributed by atoms with E-state index < -0.39 is 0 Å². The molecule has 1 aromatic carbocycles. The van der Waals surface area contributed by atoms with Gasteiger partial charge in [0.25, 0.3) is 0 Å². The van der Waals surface area contributed by atoms with Crippen LogP contribution in [0.3, 0.4) is 0 Å². The van der Waals surface area contributed by atoms with E-state index in [0.717, 1.165) is 45.4 Å². The van der Waals surface area contributed by atoms with Gasteiger partial charge in [0.2, 0.25) is 6.54 Å². The zero-order chi connectivity index (χ0) is 20.2. The minimum absolute atomic E-state index is 0.494. The van der Waals surface area contributed by atoms with Crippen molar-refractivity contribution in [2.45, 2.75) is 13.3 Å². The predicted octanol–water partition coefficient (Wildman–Crippen LogP) is 4.97. The zero-order valence-corrected chi connectivity index (χ0v) is 16.5. The fraction of sp³-hybridized carbons (Fsp3) is 0.167. The van der Waals surface area contributed by atoms with Crippen LogP contribution in [0, 0.1) is 13.5 Å². The molecule has 0 atom stereocenters. The molecule has 0 saturated heterocycles. The number of nitrogens with zero attached hydrogens (tertiary/aromatic N) is 5. The van der Waals surface area contributed by atoms with Crippen LogP contribution in [-0.2, 0) is 13.5 Å². The van der Waals surface area contributed by atoms with Gasteiger partial charge in [0.1, 0.15) is 0 Å². The number of fused-ring (bicyclic) bond motifs is 1. The Morgan fingerprint density at radius 2 is 2.03 bits per heavy atom. The van der Waals surface area contributed by atoms with E-state index in [9.17, 15) is 0 Å². The van der Waals surface area contributed by atoms with Crippen molar-refractivity contribution in [3.63, 3.8) is 0 Å². The summed E-state index contributed by atoms with van der Waals surface area (Å²) in [4.78, 5) is 16.8. The average molecular weight is 379 g/mol. The molecule has 0 unspecified atom stereocenters. The maximum absolute atomic E-state index is 7.10. The van der Waals surface area contributed by atoms with Crippen molar-refractivity contribution in [3.8, 4) is 11.4 Å². The molecule has 0 bridgehead atoms. The molecule has 0 N–H and O–H groups in total. The summed E-state index contributed by atoms with van der Waals surface area (Å²) in [7, 11) is 1.97. The second kappa shape index (κ2) is 8.07. The lowest BCUT2D eigenvalue weighted by molar-refractivity contribution is 0.917. The fourth-order valence-corrected chi connectivity index (χ4v) is 3.43. The Morgan fingerprint density at radius 1 is 1.14 bits per heavy atom. The second-order valence-corrected chi connectivity index (χ2v) is 7.03. The molecule has 0 aliphatic carbocycles. The molecule has 4 rings (SSSR count). The first-order valence-corrected chi connectivity index (χ1v) is 9.48. The van der Waals surface area contributed by atoms with Gasteiger partial charge >= 0.3 is 0 Å². The molecule has 4 aromatic rings. The zero-order valence-electron chi connectivity index (χ0n) is 16.5. The summed E-state index contributed by atoms with van der Waals surface area (Å²) in [6.45, 7) is 9.68. The highest BCUT2D eigenvalue weighted by Gasteiger charge is 2.11. The standard InChI is InChI=1S/C24H21N5/c1-17-11-22-21(12-19(17)8-10-25-2)20(7-6-18-5-4-9-26-14-18)13-23(28-22)24-15-27-16-29(24)3/h4-7,9,11-16H,8,10H2,1,3H3/b7-6+. The number of pyridine rings is 2. The van der Waals surface area contributed by atoms with Crippen LogP contribution in [0.25, 0.3) is 39.3 Å². The Bertz CT molecular complexity index is 1230. The quantitative estimate of drug-likeness (QED) is 0.460. The topological polar surface area (TPSA) is 48.0 Å². The van der Waals surface area contributed by atoms with Crippen LogP contribution < -0.4 is 0 Å². The summed E-state index contributed by atoms with van der Waals surface area (Å²) in [5.41, 5.74) is 7.28. The van der Waals surface area contributed by atoms with Crippen LogP contribution in [-0.4, -0.2) is 26.1 Å². The summed E-state index contributed by atoms with van der Waals surface area (Å²) in [5, 5.41) is 1.08. The van der Waals surface area contributed by atoms with Gasteiger partial charge in [0, 0.05) is 31.2 Å². The Kier molecular flexibility index (Phi) is 5.17.